The van der Waals surface area contributed by atoms with Crippen LogP contribution in [0.1, 0.15) is 48.3 Å². The smallest absolute Gasteiger partial charge is 0.333 e. The fourth-order valence-electron chi connectivity index (χ4n) is 4.25. The van der Waals surface area contributed by atoms with Gasteiger partial charge in [0.1, 0.15) is 0 Å². The van der Waals surface area contributed by atoms with Gasteiger partial charge < -0.3 is 33.2 Å². The Balaban J connectivity index is 1.87. The normalized spacial score (nSPS) is 15.5. The predicted molar refractivity (Wildman–Crippen MR) is 156 cm³/mol. The lowest BCUT2D eigenvalue weighted by Gasteiger charge is -2.27. The van der Waals surface area contributed by atoms with Gasteiger partial charge in [0.25, 0.3) is 0 Å². The van der Waals surface area contributed by atoms with Gasteiger partial charge in [0.05, 0.1) is 6.10 Å². The average molecular weight is 591 g/mol. The molecule has 2 aromatic rings. The summed E-state index contributed by atoms with van der Waals surface area (Å²) in [5.74, 6) is 4.60. The molecule has 0 unspecified atom stereocenters. The minimum atomic E-state index is -0.721. The number of ether oxygens (including phenoxy) is 7. The van der Waals surface area contributed by atoms with E-state index in [0.717, 1.165) is 49.5 Å². The van der Waals surface area contributed by atoms with Crippen LogP contribution >= 0.6 is 0 Å². The number of hydrogen-bond donors (Lipinski definition) is 0. The first-order valence-corrected chi connectivity index (χ1v) is 13.5. The summed E-state index contributed by atoms with van der Waals surface area (Å²) >= 11 is 0. The summed E-state index contributed by atoms with van der Waals surface area (Å²) in [6, 6.07) is 11.2. The van der Waals surface area contributed by atoms with Crippen molar-refractivity contribution in [2.24, 2.45) is 0 Å². The molecule has 10 nitrogen and oxygen atoms in total. The summed E-state index contributed by atoms with van der Waals surface area (Å²) in [7, 11) is 1.76. The van der Waals surface area contributed by atoms with Gasteiger partial charge in [-0.3, -0.25) is 0 Å². The van der Waals surface area contributed by atoms with Crippen LogP contribution in [-0.2, 0) is 33.3 Å². The highest BCUT2D eigenvalue weighted by Crippen LogP contribution is 2.39. The first-order chi connectivity index (χ1) is 20.9. The van der Waals surface area contributed by atoms with Gasteiger partial charge in [-0.1, -0.05) is 43.7 Å². The molecule has 0 aliphatic heterocycles. The molecule has 0 radical (unpaired) electrons. The lowest BCUT2D eigenvalue weighted by Crippen LogP contribution is -2.19. The number of hydrogen-bond acceptors (Lipinski definition) is 10. The van der Waals surface area contributed by atoms with Gasteiger partial charge in [-0.2, -0.15) is 0 Å². The van der Waals surface area contributed by atoms with E-state index in [1.807, 2.05) is 12.1 Å². The van der Waals surface area contributed by atoms with E-state index in [1.165, 1.54) is 17.7 Å². The summed E-state index contributed by atoms with van der Waals surface area (Å²) < 4.78 is 37.1. The Hall–Kier alpha value is -5.01. The van der Waals surface area contributed by atoms with Crippen molar-refractivity contribution in [3.05, 3.63) is 91.1 Å². The van der Waals surface area contributed by atoms with E-state index in [2.05, 4.69) is 43.7 Å². The Morgan fingerprint density at radius 2 is 1.19 bits per heavy atom. The lowest BCUT2D eigenvalue weighted by atomic mass is 9.82. The number of carbonyl (C=O) groups excluding carboxylic acids is 3. The van der Waals surface area contributed by atoms with E-state index in [9.17, 15) is 14.4 Å². The van der Waals surface area contributed by atoms with Crippen molar-refractivity contribution in [3.63, 3.8) is 0 Å². The highest BCUT2D eigenvalue weighted by Gasteiger charge is 2.22. The number of esters is 3. The quantitative estimate of drug-likeness (QED) is 0.0983. The molecule has 0 bridgehead atoms. The number of carbonyl (C=O) groups is 3. The second-order valence-corrected chi connectivity index (χ2v) is 9.17. The minimum Gasteiger partial charge on any atom is -0.453 e. The van der Waals surface area contributed by atoms with Gasteiger partial charge in [-0.25, -0.2) is 14.4 Å². The van der Waals surface area contributed by atoms with Gasteiger partial charge >= 0.3 is 17.9 Å². The molecule has 1 aliphatic carbocycles. The van der Waals surface area contributed by atoms with E-state index < -0.39 is 38.3 Å². The zero-order valence-corrected chi connectivity index (χ0v) is 24.0. The second kappa shape index (κ2) is 17.1. The second-order valence-electron chi connectivity index (χ2n) is 9.17. The van der Waals surface area contributed by atoms with Crippen LogP contribution in [0.2, 0.25) is 0 Å². The van der Waals surface area contributed by atoms with Crippen LogP contribution in [0, 0.1) is 11.8 Å². The molecule has 0 heterocycles. The van der Waals surface area contributed by atoms with Crippen molar-refractivity contribution < 1.29 is 47.5 Å². The van der Waals surface area contributed by atoms with Crippen LogP contribution in [0.15, 0.2) is 74.4 Å². The zero-order valence-electron chi connectivity index (χ0n) is 24.0. The molecule has 0 N–H and O–H groups in total. The van der Waals surface area contributed by atoms with Crippen molar-refractivity contribution in [3.8, 4) is 29.1 Å². The summed E-state index contributed by atoms with van der Waals surface area (Å²) in [5, 5.41) is 0. The fraction of sp³-hybridized carbons (Fsp3) is 0.303. The Bertz CT molecular complexity index is 1310. The number of methoxy groups -OCH3 is 1. The van der Waals surface area contributed by atoms with Crippen LogP contribution in [0.3, 0.4) is 0 Å². The van der Waals surface area contributed by atoms with Crippen LogP contribution in [0.5, 0.6) is 17.2 Å². The largest absolute Gasteiger partial charge is 0.453 e. The molecule has 1 aliphatic rings. The van der Waals surface area contributed by atoms with E-state index in [1.54, 1.807) is 7.11 Å². The molecule has 3 rings (SSSR count). The number of benzene rings is 2. The Morgan fingerprint density at radius 3 is 1.65 bits per heavy atom. The summed E-state index contributed by atoms with van der Waals surface area (Å²) in [6.07, 6.45) is 7.54. The van der Waals surface area contributed by atoms with Gasteiger partial charge in [-0.15, -0.1) is 0 Å². The summed E-state index contributed by atoms with van der Waals surface area (Å²) in [6.45, 7) is 8.49. The van der Waals surface area contributed by atoms with Gasteiger partial charge in [0, 0.05) is 48.6 Å². The monoisotopic (exact) mass is 590 g/mol. The van der Waals surface area contributed by atoms with Gasteiger partial charge in [-0.05, 0) is 49.3 Å². The van der Waals surface area contributed by atoms with Crippen molar-refractivity contribution in [1.29, 1.82) is 0 Å². The topological polar surface area (TPSA) is 116 Å². The lowest BCUT2D eigenvalue weighted by molar-refractivity contribution is -0.146. The van der Waals surface area contributed by atoms with E-state index in [-0.39, 0.29) is 17.2 Å². The molecule has 0 spiro atoms. The number of rotatable bonds is 14. The Kier molecular flexibility index (Phi) is 12.9. The van der Waals surface area contributed by atoms with Crippen LogP contribution in [0.4, 0.5) is 0 Å². The summed E-state index contributed by atoms with van der Waals surface area (Å²) in [4.78, 5) is 34.5. The maximum absolute atomic E-state index is 11.5. The Labute approximate surface area is 250 Å². The van der Waals surface area contributed by atoms with E-state index in [4.69, 9.17) is 33.2 Å². The van der Waals surface area contributed by atoms with E-state index in [0.29, 0.717) is 17.6 Å². The third kappa shape index (κ3) is 10.4. The third-order valence-electron chi connectivity index (χ3n) is 6.50. The molecule has 0 saturated heterocycles. The van der Waals surface area contributed by atoms with Crippen LogP contribution in [0.25, 0.3) is 0 Å². The molecule has 2 aromatic carbocycles. The molecule has 43 heavy (non-hydrogen) atoms. The zero-order chi connectivity index (χ0) is 31.0. The van der Waals surface area contributed by atoms with E-state index >= 15 is 0 Å². The first-order valence-electron chi connectivity index (χ1n) is 13.5. The van der Waals surface area contributed by atoms with Gasteiger partial charge in [0.15, 0.2) is 11.5 Å². The first kappa shape index (κ1) is 32.5. The third-order valence-corrected chi connectivity index (χ3v) is 6.50. The molecular formula is C33H34O10. The molecule has 0 amide bonds. The SMILES string of the molecule is C=CC(=O)OCOc1cc(C#Cc2ccc(C3CCC(OC)CC3)cc2)cc(OCOC(=O)C=C)c1OCOC(=O)C=C. The summed E-state index contributed by atoms with van der Waals surface area (Å²) in [5.41, 5.74) is 2.50. The molecule has 0 atom stereocenters. The molecule has 1 saturated carbocycles. The highest BCUT2D eigenvalue weighted by molar-refractivity contribution is 5.81. The maximum Gasteiger partial charge on any atom is 0.333 e. The predicted octanol–water partition coefficient (Wildman–Crippen LogP) is 4.96. The molecule has 10 heteroatoms. The maximum atomic E-state index is 11.5. The van der Waals surface area contributed by atoms with Crippen molar-refractivity contribution >= 4 is 17.9 Å². The van der Waals surface area contributed by atoms with Gasteiger partial charge in [0.2, 0.25) is 26.1 Å². The molecule has 226 valence electrons. The molecule has 0 aromatic heterocycles. The Morgan fingerprint density at radius 1 is 0.721 bits per heavy atom. The standard InChI is InChI=1S/C33H34O10/c1-5-30(34)40-20-38-28-18-24(9-8-23-10-12-25(13-11-23)26-14-16-27(37-4)17-15-26)19-29(39-21-41-31(35)6-2)33(28)43-22-42-32(36)7-3/h5-7,10-13,18-19,26-27H,1-3,14-17,20-22H2,4H3. The van der Waals surface area contributed by atoms with Crippen molar-refractivity contribution in [2.75, 3.05) is 27.5 Å². The fourth-order valence-corrected chi connectivity index (χ4v) is 4.25. The van der Waals surface area contributed by atoms with Crippen molar-refractivity contribution in [1.82, 2.24) is 0 Å². The van der Waals surface area contributed by atoms with Crippen LogP contribution < -0.4 is 14.2 Å². The van der Waals surface area contributed by atoms with Crippen LogP contribution in [-0.4, -0.2) is 51.5 Å². The highest BCUT2D eigenvalue weighted by atomic mass is 16.7. The molecular weight excluding hydrogens is 556 g/mol. The average Bonchev–Trinajstić information content (AvgIpc) is 3.04. The van der Waals surface area contributed by atoms with Crippen molar-refractivity contribution in [2.45, 2.75) is 37.7 Å². The minimum absolute atomic E-state index is 0.0285. The molecule has 1 fully saturated rings.